The number of fused-ring (bicyclic) bond motifs is 1. The lowest BCUT2D eigenvalue weighted by Crippen LogP contribution is -2.88. The van der Waals surface area contributed by atoms with Crippen molar-refractivity contribution in [3.05, 3.63) is 53.2 Å². The lowest BCUT2D eigenvalue weighted by molar-refractivity contribution is -0.513. The van der Waals surface area contributed by atoms with Gasteiger partial charge in [-0.05, 0) is 24.0 Å². The molecule has 6 rings (SSSR count). The number of amides is 2. The van der Waals surface area contributed by atoms with Gasteiger partial charge in [-0.15, -0.1) is 0 Å². The Kier molecular flexibility index (Phi) is 6.60. The number of nitrogens with zero attached hydrogens (tertiary/aromatic N) is 3. The second kappa shape index (κ2) is 10.0. The highest BCUT2D eigenvalue weighted by Gasteiger charge is 2.68. The third kappa shape index (κ3) is 4.33. The van der Waals surface area contributed by atoms with Gasteiger partial charge in [0, 0.05) is 24.7 Å². The van der Waals surface area contributed by atoms with Crippen molar-refractivity contribution in [2.75, 3.05) is 26.8 Å². The summed E-state index contributed by atoms with van der Waals surface area (Å²) >= 11 is 0. The number of guanidine groups is 2. The van der Waals surface area contributed by atoms with Crippen LogP contribution in [0, 0.1) is 0 Å². The molecule has 4 aliphatic heterocycles. The Balaban J connectivity index is 1.22. The number of hydrogen-bond donors (Lipinski definition) is 7. The summed E-state index contributed by atoms with van der Waals surface area (Å²) in [6.07, 6.45) is -0.303. The van der Waals surface area contributed by atoms with E-state index in [2.05, 4.69) is 44.8 Å². The molecule has 0 saturated carbocycles. The Morgan fingerprint density at radius 2 is 2.02 bits per heavy atom. The van der Waals surface area contributed by atoms with Crippen LogP contribution in [0.15, 0.2) is 41.4 Å². The fourth-order valence-corrected chi connectivity index (χ4v) is 6.43. The van der Waals surface area contributed by atoms with E-state index in [1.807, 2.05) is 12.1 Å². The number of aliphatic imine (C=N–C) groups is 1. The zero-order valence-corrected chi connectivity index (χ0v) is 23.7. The van der Waals surface area contributed by atoms with Gasteiger partial charge in [0.15, 0.2) is 12.0 Å². The van der Waals surface area contributed by atoms with Gasteiger partial charge in [0.05, 0.1) is 25.3 Å². The molecule has 1 saturated heterocycles. The van der Waals surface area contributed by atoms with Crippen LogP contribution in [0.3, 0.4) is 0 Å². The maximum Gasteiger partial charge on any atom is 0.343 e. The molecule has 1 fully saturated rings. The van der Waals surface area contributed by atoms with E-state index in [-0.39, 0.29) is 42.0 Å². The molecule has 2 unspecified atom stereocenters. The fourth-order valence-electron chi connectivity index (χ4n) is 6.43. The summed E-state index contributed by atoms with van der Waals surface area (Å²) in [5.74, 6) is 0.458. The highest BCUT2D eigenvalue weighted by molar-refractivity contribution is 5.98. The first kappa shape index (κ1) is 27.6. The smallest absolute Gasteiger partial charge is 0.343 e. The third-order valence-electron chi connectivity index (χ3n) is 8.65. The summed E-state index contributed by atoms with van der Waals surface area (Å²) in [5.41, 5.74) is 12.8. The molecule has 1 aromatic heterocycles. The number of aliphatic hydroxyl groups excluding tert-OH is 1. The molecule has 1 aromatic carbocycles. The average molecular weight is 579 g/mol. The number of rotatable bonds is 6. The minimum atomic E-state index is -1.22. The van der Waals surface area contributed by atoms with Gasteiger partial charge in [-0.3, -0.25) is 20.3 Å². The highest BCUT2D eigenvalue weighted by Crippen LogP contribution is 2.41. The number of pyridine rings is 1. The van der Waals surface area contributed by atoms with Crippen LogP contribution < -0.4 is 41.9 Å². The van der Waals surface area contributed by atoms with E-state index in [4.69, 9.17) is 20.9 Å². The molecule has 5 atom stereocenters. The molecule has 2 amide bonds. The maximum absolute atomic E-state index is 13.6. The minimum Gasteiger partial charge on any atom is -0.492 e. The first-order chi connectivity index (χ1) is 20.0. The molecule has 1 spiro atoms. The van der Waals surface area contributed by atoms with Crippen molar-refractivity contribution in [3.63, 3.8) is 0 Å². The summed E-state index contributed by atoms with van der Waals surface area (Å²) in [6, 6.07) is 8.51. The Labute approximate surface area is 242 Å². The zero-order valence-electron chi connectivity index (χ0n) is 23.7. The molecule has 5 heterocycles. The Hall–Kier alpha value is -4.59. The van der Waals surface area contributed by atoms with Crippen LogP contribution in [0.1, 0.15) is 46.7 Å². The summed E-state index contributed by atoms with van der Waals surface area (Å²) < 4.78 is 11.0. The van der Waals surface area contributed by atoms with Crippen LogP contribution in [0.5, 0.6) is 11.6 Å². The lowest BCUT2D eigenvalue weighted by Gasteiger charge is -2.43. The van der Waals surface area contributed by atoms with Crippen LogP contribution in [-0.2, 0) is 5.41 Å². The normalized spacial score (nSPS) is 28.6. The number of nitrogens with one attached hydrogen (secondary N) is 4. The molecular weight excluding hydrogens is 542 g/mol. The number of carbonyl (C=O) groups excluding carboxylic acids is 2. The first-order valence-corrected chi connectivity index (χ1v) is 13.9. The molecule has 0 bridgehead atoms. The number of benzene rings is 1. The van der Waals surface area contributed by atoms with Crippen LogP contribution in [0.4, 0.5) is 0 Å². The number of nitrogens with two attached hydrogens (primary N) is 2. The second-order valence-corrected chi connectivity index (χ2v) is 11.6. The van der Waals surface area contributed by atoms with Crippen molar-refractivity contribution in [2.24, 2.45) is 16.5 Å². The first-order valence-electron chi connectivity index (χ1n) is 13.9. The van der Waals surface area contributed by atoms with Crippen molar-refractivity contribution in [2.45, 2.75) is 55.6 Å². The minimum absolute atomic E-state index is 0.0770. The van der Waals surface area contributed by atoms with Gasteiger partial charge in [-0.1, -0.05) is 32.0 Å². The van der Waals surface area contributed by atoms with E-state index >= 15 is 0 Å². The molecule has 4 aliphatic rings. The molecule has 14 nitrogen and oxygen atoms in total. The Morgan fingerprint density at radius 3 is 2.81 bits per heavy atom. The number of hydrogen-bond acceptors (Lipinski definition) is 11. The van der Waals surface area contributed by atoms with Crippen molar-refractivity contribution in [1.29, 1.82) is 0 Å². The zero-order chi connectivity index (χ0) is 29.8. The van der Waals surface area contributed by atoms with Gasteiger partial charge in [-0.25, -0.2) is 15.3 Å². The molecule has 9 N–H and O–H groups in total. The predicted molar refractivity (Wildman–Crippen MR) is 152 cm³/mol. The standard InChI is InChI=1S/C28H35N9O5/c1-27(2)10-11-42-20-14(6-4-7-15(20)27)23(39)33-18-13-37-26(30)34-17(21-28(37,22(18)38)36-25(29)35-21)12-31-24(40)16-8-5-9-19(32-16)41-3/h4-9,17-18,21-22,38H,10-13H2,1-3H3,(H2,30,34)(H,31,40)(H,33,39)(H3,29,35,36)/p+1/t17-,18+,21?,22+,28?/m0/s1. The number of para-hydroxylation sites is 1. The number of carbonyl (C=O) groups is 2. The molecule has 42 heavy (non-hydrogen) atoms. The van der Waals surface area contributed by atoms with Crippen LogP contribution in [0.2, 0.25) is 0 Å². The molecule has 2 aromatic rings. The number of aliphatic hydroxyl groups is 1. The van der Waals surface area contributed by atoms with Crippen molar-refractivity contribution >= 4 is 23.7 Å². The van der Waals surface area contributed by atoms with E-state index < -0.39 is 35.8 Å². The SMILES string of the molecule is COc1cccc(C(=O)NC[C@@H]2N=C(N)N3C[C@@H](NC(=O)c4cccc5c4OCCC5(C)C)[C@@H](O)C34NC(N)=[NH+]C24)n1. The topological polar surface area (TPSA) is 203 Å². The largest absolute Gasteiger partial charge is 0.492 e. The van der Waals surface area contributed by atoms with Gasteiger partial charge in [-0.2, -0.15) is 0 Å². The van der Waals surface area contributed by atoms with E-state index in [0.717, 1.165) is 12.0 Å². The van der Waals surface area contributed by atoms with E-state index in [1.54, 1.807) is 29.2 Å². The van der Waals surface area contributed by atoms with E-state index in [1.165, 1.54) is 7.11 Å². The van der Waals surface area contributed by atoms with Crippen LogP contribution >= 0.6 is 0 Å². The third-order valence-corrected chi connectivity index (χ3v) is 8.65. The van der Waals surface area contributed by atoms with Crippen molar-refractivity contribution in [1.82, 2.24) is 25.8 Å². The lowest BCUT2D eigenvalue weighted by atomic mass is 9.79. The van der Waals surface area contributed by atoms with Gasteiger partial charge < -0.3 is 35.8 Å². The number of aromatic nitrogens is 1. The average Bonchev–Trinajstić information content (AvgIpc) is 3.47. The van der Waals surface area contributed by atoms with E-state index in [0.29, 0.717) is 23.8 Å². The van der Waals surface area contributed by atoms with E-state index in [9.17, 15) is 14.7 Å². The Morgan fingerprint density at radius 1 is 1.24 bits per heavy atom. The molecular formula is C28H36N9O5+. The quantitative estimate of drug-likeness (QED) is 0.186. The fraction of sp³-hybridized carbons (Fsp3) is 0.464. The summed E-state index contributed by atoms with van der Waals surface area (Å²) in [7, 11) is 1.47. The Bertz CT molecular complexity index is 1490. The maximum atomic E-state index is 13.6. The van der Waals surface area contributed by atoms with Crippen LogP contribution in [-0.4, -0.2) is 95.4 Å². The highest BCUT2D eigenvalue weighted by atomic mass is 16.5. The summed E-state index contributed by atoms with van der Waals surface area (Å²) in [6.45, 7) is 5.02. The molecule has 14 heteroatoms. The molecule has 0 radical (unpaired) electrons. The summed E-state index contributed by atoms with van der Waals surface area (Å²) in [5, 5.41) is 20.7. The van der Waals surface area contributed by atoms with Crippen molar-refractivity contribution in [3.8, 4) is 11.6 Å². The number of methoxy groups -OCH3 is 1. The molecule has 0 aliphatic carbocycles. The van der Waals surface area contributed by atoms with Gasteiger partial charge in [0.2, 0.25) is 11.5 Å². The van der Waals surface area contributed by atoms with Gasteiger partial charge in [0.1, 0.15) is 23.6 Å². The monoisotopic (exact) mass is 578 g/mol. The number of ether oxygens (including phenoxy) is 2. The summed E-state index contributed by atoms with van der Waals surface area (Å²) in [4.78, 5) is 40.1. The van der Waals surface area contributed by atoms with Crippen molar-refractivity contribution < 1.29 is 29.2 Å². The second-order valence-electron chi connectivity index (χ2n) is 11.6. The van der Waals surface area contributed by atoms with Crippen LogP contribution in [0.25, 0.3) is 0 Å². The molecule has 222 valence electrons. The van der Waals surface area contributed by atoms with Gasteiger partial charge in [0.25, 0.3) is 11.8 Å². The van der Waals surface area contributed by atoms with Gasteiger partial charge >= 0.3 is 5.96 Å². The predicted octanol–water partition coefficient (Wildman–Crippen LogP) is -2.88.